The Balaban J connectivity index is 2.13. The summed E-state index contributed by atoms with van der Waals surface area (Å²) in [5.41, 5.74) is 7.47. The van der Waals surface area contributed by atoms with Crippen molar-refractivity contribution in [2.45, 2.75) is 26.3 Å². The highest BCUT2D eigenvalue weighted by molar-refractivity contribution is 5.67. The minimum atomic E-state index is -0.584. The van der Waals surface area contributed by atoms with Gasteiger partial charge in [-0.2, -0.15) is 0 Å². The maximum Gasteiger partial charge on any atom is 0.352 e. The number of nitrogens with two attached hydrogens (primary N) is 1. The van der Waals surface area contributed by atoms with Crippen molar-refractivity contribution in [1.29, 1.82) is 0 Å². The second kappa shape index (κ2) is 6.17. The number of nitrogens with one attached hydrogen (secondary N) is 1. The van der Waals surface area contributed by atoms with E-state index in [1.165, 1.54) is 11.9 Å². The van der Waals surface area contributed by atoms with Gasteiger partial charge in [-0.25, -0.2) is 9.97 Å². The zero-order valence-corrected chi connectivity index (χ0v) is 11.9. The van der Waals surface area contributed by atoms with E-state index < -0.39 is 4.92 Å². The van der Waals surface area contributed by atoms with Crippen molar-refractivity contribution in [2.24, 2.45) is 0 Å². The molecule has 21 heavy (non-hydrogen) atoms. The highest BCUT2D eigenvalue weighted by Crippen LogP contribution is 2.26. The first-order chi connectivity index (χ1) is 9.99. The lowest BCUT2D eigenvalue weighted by molar-refractivity contribution is -0.383. The molecular weight excluding hydrogens is 270 g/mol. The molecule has 2 rings (SSSR count). The Morgan fingerprint density at radius 3 is 2.52 bits per heavy atom. The van der Waals surface area contributed by atoms with Gasteiger partial charge in [-0.1, -0.05) is 38.1 Å². The number of nitrogen functional groups attached to an aromatic ring is 1. The van der Waals surface area contributed by atoms with Crippen molar-refractivity contribution in [1.82, 2.24) is 9.97 Å². The molecule has 0 atom stereocenters. The zero-order valence-electron chi connectivity index (χ0n) is 11.9. The van der Waals surface area contributed by atoms with Crippen LogP contribution in [0.5, 0.6) is 0 Å². The predicted molar refractivity (Wildman–Crippen MR) is 81.0 cm³/mol. The number of hydrogen-bond donors (Lipinski definition) is 2. The van der Waals surface area contributed by atoms with Crippen LogP contribution in [0.15, 0.2) is 30.6 Å². The zero-order chi connectivity index (χ0) is 15.4. The fourth-order valence-corrected chi connectivity index (χ4v) is 1.91. The van der Waals surface area contributed by atoms with E-state index in [0.29, 0.717) is 12.5 Å². The molecule has 7 heteroatoms. The van der Waals surface area contributed by atoms with E-state index in [4.69, 9.17) is 5.73 Å². The minimum absolute atomic E-state index is 0.125. The fraction of sp³-hybridized carbons (Fsp3) is 0.286. The van der Waals surface area contributed by atoms with Crippen LogP contribution in [-0.2, 0) is 6.54 Å². The first-order valence-electron chi connectivity index (χ1n) is 6.56. The molecule has 0 spiro atoms. The number of nitrogens with zero attached hydrogens (tertiary/aromatic N) is 3. The lowest BCUT2D eigenvalue weighted by atomic mass is 10.0. The SMILES string of the molecule is CC(C)c1ccc(CNc2ncnc(N)c2[N+](=O)[O-])cc1. The van der Waals surface area contributed by atoms with Gasteiger partial charge in [0.2, 0.25) is 11.6 Å². The largest absolute Gasteiger partial charge is 0.378 e. The van der Waals surface area contributed by atoms with Crippen LogP contribution in [0, 0.1) is 10.1 Å². The van der Waals surface area contributed by atoms with Crippen LogP contribution in [0.2, 0.25) is 0 Å². The van der Waals surface area contributed by atoms with Crippen LogP contribution in [0.25, 0.3) is 0 Å². The smallest absolute Gasteiger partial charge is 0.352 e. The average Bonchev–Trinajstić information content (AvgIpc) is 2.45. The quantitative estimate of drug-likeness (QED) is 0.646. The highest BCUT2D eigenvalue weighted by Gasteiger charge is 2.20. The minimum Gasteiger partial charge on any atom is -0.378 e. The summed E-state index contributed by atoms with van der Waals surface area (Å²) in [6.07, 6.45) is 1.20. The summed E-state index contributed by atoms with van der Waals surface area (Å²) in [7, 11) is 0. The molecule has 0 aliphatic rings. The molecule has 3 N–H and O–H groups in total. The molecule has 1 aromatic heterocycles. The van der Waals surface area contributed by atoms with Crippen LogP contribution in [-0.4, -0.2) is 14.9 Å². The van der Waals surface area contributed by atoms with Gasteiger partial charge < -0.3 is 11.1 Å². The van der Waals surface area contributed by atoms with Gasteiger partial charge in [-0.3, -0.25) is 10.1 Å². The number of nitro groups is 1. The topological polar surface area (TPSA) is 107 Å². The van der Waals surface area contributed by atoms with Gasteiger partial charge in [-0.05, 0) is 17.0 Å². The summed E-state index contributed by atoms with van der Waals surface area (Å²) in [4.78, 5) is 17.9. The molecule has 0 unspecified atom stereocenters. The molecule has 0 aliphatic heterocycles. The molecule has 0 bridgehead atoms. The lowest BCUT2D eigenvalue weighted by Crippen LogP contribution is -2.08. The Labute approximate surface area is 122 Å². The van der Waals surface area contributed by atoms with Gasteiger partial charge in [0.1, 0.15) is 6.33 Å². The number of aromatic nitrogens is 2. The molecule has 0 saturated carbocycles. The molecule has 7 nitrogen and oxygen atoms in total. The Bertz CT molecular complexity index is 640. The molecule has 0 saturated heterocycles. The standard InChI is InChI=1S/C14H17N5O2/c1-9(2)11-5-3-10(4-6-11)7-16-14-12(19(20)21)13(15)17-8-18-14/h3-6,8-9H,7H2,1-2H3,(H3,15,16,17,18). The summed E-state index contributed by atoms with van der Waals surface area (Å²) >= 11 is 0. The van der Waals surface area contributed by atoms with Crippen LogP contribution >= 0.6 is 0 Å². The summed E-state index contributed by atoms with van der Waals surface area (Å²) in [5.74, 6) is 0.447. The second-order valence-corrected chi connectivity index (χ2v) is 4.96. The van der Waals surface area contributed by atoms with E-state index in [1.54, 1.807) is 0 Å². The Morgan fingerprint density at radius 2 is 1.95 bits per heavy atom. The molecule has 1 aromatic carbocycles. The molecular formula is C14H17N5O2. The summed E-state index contributed by atoms with van der Waals surface area (Å²) < 4.78 is 0. The number of anilines is 2. The molecule has 1 heterocycles. The maximum absolute atomic E-state index is 11.0. The summed E-state index contributed by atoms with van der Waals surface area (Å²) in [6, 6.07) is 8.06. The number of hydrogen-bond acceptors (Lipinski definition) is 6. The summed E-state index contributed by atoms with van der Waals surface area (Å²) in [6.45, 7) is 4.68. The fourth-order valence-electron chi connectivity index (χ4n) is 1.91. The van der Waals surface area contributed by atoms with Gasteiger partial charge in [0, 0.05) is 6.54 Å². The monoisotopic (exact) mass is 287 g/mol. The molecule has 0 aliphatic carbocycles. The Kier molecular flexibility index (Phi) is 4.32. The van der Waals surface area contributed by atoms with E-state index in [1.807, 2.05) is 24.3 Å². The normalized spacial score (nSPS) is 10.6. The van der Waals surface area contributed by atoms with E-state index in [9.17, 15) is 10.1 Å². The third kappa shape index (κ3) is 3.44. The van der Waals surface area contributed by atoms with Gasteiger partial charge in [-0.15, -0.1) is 0 Å². The van der Waals surface area contributed by atoms with Gasteiger partial charge >= 0.3 is 5.69 Å². The van der Waals surface area contributed by atoms with Gasteiger partial charge in [0.15, 0.2) is 0 Å². The van der Waals surface area contributed by atoms with Crippen molar-refractivity contribution in [3.63, 3.8) is 0 Å². The van der Waals surface area contributed by atoms with Crippen LogP contribution in [0.1, 0.15) is 30.9 Å². The van der Waals surface area contributed by atoms with Crippen LogP contribution < -0.4 is 11.1 Å². The first kappa shape index (κ1) is 14.7. The Hall–Kier alpha value is -2.70. The summed E-state index contributed by atoms with van der Waals surface area (Å²) in [5, 5.41) is 13.9. The van der Waals surface area contributed by atoms with E-state index >= 15 is 0 Å². The molecule has 0 amide bonds. The van der Waals surface area contributed by atoms with Crippen molar-refractivity contribution < 1.29 is 4.92 Å². The predicted octanol–water partition coefficient (Wildman–Crippen LogP) is 2.70. The molecule has 0 fully saturated rings. The highest BCUT2D eigenvalue weighted by atomic mass is 16.6. The molecule has 2 aromatic rings. The van der Waals surface area contributed by atoms with E-state index in [-0.39, 0.29) is 17.3 Å². The average molecular weight is 287 g/mol. The van der Waals surface area contributed by atoms with Gasteiger partial charge in [0.25, 0.3) is 0 Å². The van der Waals surface area contributed by atoms with Crippen LogP contribution in [0.3, 0.4) is 0 Å². The van der Waals surface area contributed by atoms with Gasteiger partial charge in [0.05, 0.1) is 4.92 Å². The second-order valence-electron chi connectivity index (χ2n) is 4.96. The van der Waals surface area contributed by atoms with Crippen molar-refractivity contribution in [2.75, 3.05) is 11.1 Å². The maximum atomic E-state index is 11.0. The third-order valence-corrected chi connectivity index (χ3v) is 3.14. The van der Waals surface area contributed by atoms with Crippen molar-refractivity contribution in [3.05, 3.63) is 51.8 Å². The molecule has 110 valence electrons. The third-order valence-electron chi connectivity index (χ3n) is 3.14. The van der Waals surface area contributed by atoms with Crippen LogP contribution in [0.4, 0.5) is 17.3 Å². The number of rotatable bonds is 5. The first-order valence-corrected chi connectivity index (χ1v) is 6.56. The number of benzene rings is 1. The van der Waals surface area contributed by atoms with Crippen molar-refractivity contribution >= 4 is 17.3 Å². The molecule has 0 radical (unpaired) electrons. The van der Waals surface area contributed by atoms with E-state index in [2.05, 4.69) is 29.1 Å². The van der Waals surface area contributed by atoms with Crippen molar-refractivity contribution in [3.8, 4) is 0 Å². The van der Waals surface area contributed by atoms with E-state index in [0.717, 1.165) is 5.56 Å². The Morgan fingerprint density at radius 1 is 1.29 bits per heavy atom. The lowest BCUT2D eigenvalue weighted by Gasteiger charge is -2.09.